The van der Waals surface area contributed by atoms with E-state index in [-0.39, 0.29) is 0 Å². The summed E-state index contributed by atoms with van der Waals surface area (Å²) in [7, 11) is 1.77. The summed E-state index contributed by atoms with van der Waals surface area (Å²) in [6.07, 6.45) is 2.63. The quantitative estimate of drug-likeness (QED) is 0.726. The number of nitrogens with zero attached hydrogens (tertiary/aromatic N) is 1. The highest BCUT2D eigenvalue weighted by molar-refractivity contribution is 4.72. The third kappa shape index (κ3) is 5.50. The standard InChI is InChI=1S/C12H26N2O/c1-11(2)8-13-9-12-4-6-14(7-5-12)10-15-3/h11-13H,4-10H2,1-3H3. The Bertz CT molecular complexity index is 154. The van der Waals surface area contributed by atoms with E-state index in [9.17, 15) is 0 Å². The van der Waals surface area contributed by atoms with Crippen LogP contribution in [0.15, 0.2) is 0 Å². The summed E-state index contributed by atoms with van der Waals surface area (Å²) < 4.78 is 5.14. The molecule has 0 saturated carbocycles. The van der Waals surface area contributed by atoms with E-state index in [0.29, 0.717) is 0 Å². The van der Waals surface area contributed by atoms with Crippen LogP contribution < -0.4 is 5.32 Å². The molecule has 0 aromatic heterocycles. The minimum absolute atomic E-state index is 0.763. The SMILES string of the molecule is COCN1CCC(CNCC(C)C)CC1. The second-order valence-corrected chi connectivity index (χ2v) is 5.03. The number of nitrogens with one attached hydrogen (secondary N) is 1. The number of piperidine rings is 1. The number of hydrogen-bond acceptors (Lipinski definition) is 3. The van der Waals surface area contributed by atoms with Gasteiger partial charge in [-0.25, -0.2) is 0 Å². The fraction of sp³-hybridized carbons (Fsp3) is 1.00. The number of likely N-dealkylation sites (tertiary alicyclic amines) is 1. The van der Waals surface area contributed by atoms with Crippen molar-refractivity contribution in [2.45, 2.75) is 26.7 Å². The molecule has 1 rings (SSSR count). The second kappa shape index (κ2) is 7.20. The molecule has 1 heterocycles. The lowest BCUT2D eigenvalue weighted by atomic mass is 9.97. The summed E-state index contributed by atoms with van der Waals surface area (Å²) in [6, 6.07) is 0. The van der Waals surface area contributed by atoms with E-state index in [1.54, 1.807) is 7.11 Å². The molecule has 0 unspecified atom stereocenters. The van der Waals surface area contributed by atoms with E-state index in [2.05, 4.69) is 24.1 Å². The summed E-state index contributed by atoms with van der Waals surface area (Å²) in [5.74, 6) is 1.63. The Balaban J connectivity index is 2.04. The van der Waals surface area contributed by atoms with Gasteiger partial charge in [-0.05, 0) is 37.8 Å². The van der Waals surface area contributed by atoms with Gasteiger partial charge in [-0.3, -0.25) is 4.90 Å². The fourth-order valence-corrected chi connectivity index (χ4v) is 2.08. The maximum Gasteiger partial charge on any atom is 0.0986 e. The van der Waals surface area contributed by atoms with Crippen LogP contribution in [0.2, 0.25) is 0 Å². The molecule has 1 aliphatic heterocycles. The molecule has 3 nitrogen and oxygen atoms in total. The molecule has 0 atom stereocenters. The molecular weight excluding hydrogens is 188 g/mol. The van der Waals surface area contributed by atoms with E-state index in [4.69, 9.17) is 4.74 Å². The van der Waals surface area contributed by atoms with Crippen molar-refractivity contribution in [3.63, 3.8) is 0 Å². The highest BCUT2D eigenvalue weighted by Gasteiger charge is 2.18. The van der Waals surface area contributed by atoms with E-state index < -0.39 is 0 Å². The average Bonchev–Trinajstić information content (AvgIpc) is 2.20. The molecule has 1 saturated heterocycles. The van der Waals surface area contributed by atoms with Crippen molar-refractivity contribution >= 4 is 0 Å². The van der Waals surface area contributed by atoms with Gasteiger partial charge in [0.1, 0.15) is 0 Å². The van der Waals surface area contributed by atoms with Gasteiger partial charge in [-0.2, -0.15) is 0 Å². The molecule has 0 spiro atoms. The smallest absolute Gasteiger partial charge is 0.0986 e. The van der Waals surface area contributed by atoms with Crippen LogP contribution in [-0.2, 0) is 4.74 Å². The first-order valence-electron chi connectivity index (χ1n) is 6.14. The van der Waals surface area contributed by atoms with Crippen molar-refractivity contribution in [1.82, 2.24) is 10.2 Å². The van der Waals surface area contributed by atoms with Gasteiger partial charge < -0.3 is 10.1 Å². The molecule has 90 valence electrons. The number of hydrogen-bond donors (Lipinski definition) is 1. The highest BCUT2D eigenvalue weighted by Crippen LogP contribution is 2.15. The number of ether oxygens (including phenoxy) is 1. The number of rotatable bonds is 6. The average molecular weight is 214 g/mol. The lowest BCUT2D eigenvalue weighted by molar-refractivity contribution is 0.0394. The van der Waals surface area contributed by atoms with Crippen LogP contribution in [-0.4, -0.2) is 44.9 Å². The third-order valence-corrected chi connectivity index (χ3v) is 3.00. The van der Waals surface area contributed by atoms with Gasteiger partial charge in [0.2, 0.25) is 0 Å². The summed E-state index contributed by atoms with van der Waals surface area (Å²) in [5, 5.41) is 3.55. The third-order valence-electron chi connectivity index (χ3n) is 3.00. The maximum absolute atomic E-state index is 5.14. The normalized spacial score (nSPS) is 20.0. The first-order valence-corrected chi connectivity index (χ1v) is 6.14. The molecule has 0 radical (unpaired) electrons. The van der Waals surface area contributed by atoms with Crippen LogP contribution >= 0.6 is 0 Å². The monoisotopic (exact) mass is 214 g/mol. The Morgan fingerprint density at radius 2 is 2.00 bits per heavy atom. The second-order valence-electron chi connectivity index (χ2n) is 5.03. The minimum atomic E-state index is 0.763. The Labute approximate surface area is 94.2 Å². The molecule has 0 aliphatic carbocycles. The Morgan fingerprint density at radius 3 is 2.53 bits per heavy atom. The van der Waals surface area contributed by atoms with Crippen LogP contribution in [0.25, 0.3) is 0 Å². The summed E-state index contributed by atoms with van der Waals surface area (Å²) in [6.45, 7) is 10.1. The molecule has 0 aromatic rings. The molecule has 3 heteroatoms. The molecule has 15 heavy (non-hydrogen) atoms. The fourth-order valence-electron chi connectivity index (χ4n) is 2.08. The van der Waals surface area contributed by atoms with E-state index in [0.717, 1.165) is 25.1 Å². The molecule has 1 fully saturated rings. The molecule has 0 amide bonds. The Hall–Kier alpha value is -0.120. The molecule has 1 N–H and O–H groups in total. The maximum atomic E-state index is 5.14. The van der Waals surface area contributed by atoms with Crippen molar-refractivity contribution in [3.05, 3.63) is 0 Å². The van der Waals surface area contributed by atoms with Crippen LogP contribution in [0, 0.1) is 11.8 Å². The zero-order chi connectivity index (χ0) is 11.1. The largest absolute Gasteiger partial charge is 0.369 e. The van der Waals surface area contributed by atoms with E-state index in [1.165, 1.54) is 32.5 Å². The minimum Gasteiger partial charge on any atom is -0.369 e. The first kappa shape index (κ1) is 12.9. The van der Waals surface area contributed by atoms with Crippen molar-refractivity contribution < 1.29 is 4.74 Å². The first-order chi connectivity index (χ1) is 7.22. The zero-order valence-corrected chi connectivity index (χ0v) is 10.5. The topological polar surface area (TPSA) is 24.5 Å². The predicted molar refractivity (Wildman–Crippen MR) is 63.9 cm³/mol. The van der Waals surface area contributed by atoms with Crippen LogP contribution in [0.4, 0.5) is 0 Å². The summed E-state index contributed by atoms with van der Waals surface area (Å²) in [5.41, 5.74) is 0. The van der Waals surface area contributed by atoms with Crippen LogP contribution in [0.3, 0.4) is 0 Å². The van der Waals surface area contributed by atoms with Gasteiger partial charge in [0, 0.05) is 20.2 Å². The predicted octanol–water partition coefficient (Wildman–Crippen LogP) is 1.55. The number of methoxy groups -OCH3 is 1. The molecule has 0 aromatic carbocycles. The van der Waals surface area contributed by atoms with Crippen LogP contribution in [0.5, 0.6) is 0 Å². The Morgan fingerprint density at radius 1 is 1.33 bits per heavy atom. The molecular formula is C12H26N2O. The lowest BCUT2D eigenvalue weighted by Crippen LogP contribution is -2.38. The summed E-state index contributed by atoms with van der Waals surface area (Å²) >= 11 is 0. The van der Waals surface area contributed by atoms with Crippen molar-refractivity contribution in [1.29, 1.82) is 0 Å². The van der Waals surface area contributed by atoms with Gasteiger partial charge in [0.05, 0.1) is 6.73 Å². The van der Waals surface area contributed by atoms with E-state index >= 15 is 0 Å². The van der Waals surface area contributed by atoms with Gasteiger partial charge in [-0.1, -0.05) is 13.8 Å². The van der Waals surface area contributed by atoms with Crippen molar-refractivity contribution in [2.24, 2.45) is 11.8 Å². The van der Waals surface area contributed by atoms with Gasteiger partial charge in [-0.15, -0.1) is 0 Å². The molecule has 0 bridgehead atoms. The van der Waals surface area contributed by atoms with E-state index in [1.807, 2.05) is 0 Å². The van der Waals surface area contributed by atoms with Crippen molar-refractivity contribution in [3.8, 4) is 0 Å². The zero-order valence-electron chi connectivity index (χ0n) is 10.5. The van der Waals surface area contributed by atoms with Crippen molar-refractivity contribution in [2.75, 3.05) is 40.0 Å². The Kier molecular flexibility index (Phi) is 6.22. The summed E-state index contributed by atoms with van der Waals surface area (Å²) in [4.78, 5) is 2.39. The highest BCUT2D eigenvalue weighted by atomic mass is 16.5. The van der Waals surface area contributed by atoms with Crippen LogP contribution in [0.1, 0.15) is 26.7 Å². The van der Waals surface area contributed by atoms with Gasteiger partial charge in [0.25, 0.3) is 0 Å². The molecule has 1 aliphatic rings. The van der Waals surface area contributed by atoms with Gasteiger partial charge in [0.15, 0.2) is 0 Å². The lowest BCUT2D eigenvalue weighted by Gasteiger charge is -2.31. The van der Waals surface area contributed by atoms with Gasteiger partial charge >= 0.3 is 0 Å².